The number of carbonyl (C=O) groups is 1. The van der Waals surface area contributed by atoms with Crippen molar-refractivity contribution in [1.29, 1.82) is 0 Å². The standard InChI is InChI=1S/C11H23NO4S/c1-3-5-12-11(2,10(15)16)4-6-17-8-9(14)7-13/h9,12-14H,3-8H2,1-2H3,(H,15,16). The van der Waals surface area contributed by atoms with Crippen molar-refractivity contribution in [2.45, 2.75) is 38.3 Å². The number of hydrogen-bond donors (Lipinski definition) is 4. The van der Waals surface area contributed by atoms with Gasteiger partial charge in [0.05, 0.1) is 12.7 Å². The zero-order valence-electron chi connectivity index (χ0n) is 10.5. The molecule has 5 nitrogen and oxygen atoms in total. The highest BCUT2D eigenvalue weighted by Gasteiger charge is 2.31. The van der Waals surface area contributed by atoms with Gasteiger partial charge in [0, 0.05) is 5.75 Å². The maximum absolute atomic E-state index is 11.2. The second kappa shape index (κ2) is 8.74. The highest BCUT2D eigenvalue weighted by molar-refractivity contribution is 7.99. The van der Waals surface area contributed by atoms with Gasteiger partial charge in [-0.25, -0.2) is 0 Å². The lowest BCUT2D eigenvalue weighted by Crippen LogP contribution is -2.50. The molecular formula is C11H23NO4S. The molecule has 0 spiro atoms. The Balaban J connectivity index is 3.96. The molecule has 0 fully saturated rings. The Kier molecular flexibility index (Phi) is 8.59. The van der Waals surface area contributed by atoms with E-state index >= 15 is 0 Å². The predicted molar refractivity (Wildman–Crippen MR) is 69.4 cm³/mol. The summed E-state index contributed by atoms with van der Waals surface area (Å²) in [4.78, 5) is 11.2. The van der Waals surface area contributed by atoms with Crippen molar-refractivity contribution in [1.82, 2.24) is 5.32 Å². The fourth-order valence-corrected chi connectivity index (χ4v) is 2.32. The van der Waals surface area contributed by atoms with Crippen LogP contribution in [0.2, 0.25) is 0 Å². The summed E-state index contributed by atoms with van der Waals surface area (Å²) >= 11 is 1.45. The lowest BCUT2D eigenvalue weighted by Gasteiger charge is -2.26. The summed E-state index contributed by atoms with van der Waals surface area (Å²) in [5.74, 6) is 0.213. The predicted octanol–water partition coefficient (Wildman–Crippen LogP) is 0.306. The highest BCUT2D eigenvalue weighted by atomic mass is 32.2. The van der Waals surface area contributed by atoms with Crippen LogP contribution in [-0.4, -0.2) is 57.6 Å². The van der Waals surface area contributed by atoms with E-state index in [0.29, 0.717) is 24.5 Å². The molecule has 17 heavy (non-hydrogen) atoms. The second-order valence-corrected chi connectivity index (χ2v) is 5.38. The number of nitrogens with one attached hydrogen (secondary N) is 1. The van der Waals surface area contributed by atoms with Gasteiger partial charge in [-0.05, 0) is 32.1 Å². The first-order valence-electron chi connectivity index (χ1n) is 5.81. The third-order valence-electron chi connectivity index (χ3n) is 2.50. The monoisotopic (exact) mass is 265 g/mol. The Hall–Kier alpha value is -0.300. The molecule has 0 radical (unpaired) electrons. The third-order valence-corrected chi connectivity index (χ3v) is 3.62. The minimum atomic E-state index is -0.910. The number of carboxylic acids is 1. The number of aliphatic hydroxyl groups is 2. The molecule has 0 aliphatic heterocycles. The van der Waals surface area contributed by atoms with Crippen molar-refractivity contribution >= 4 is 17.7 Å². The molecule has 0 amide bonds. The van der Waals surface area contributed by atoms with Gasteiger partial charge in [-0.3, -0.25) is 4.79 Å². The molecule has 2 unspecified atom stereocenters. The van der Waals surface area contributed by atoms with E-state index in [1.54, 1.807) is 6.92 Å². The van der Waals surface area contributed by atoms with E-state index in [4.69, 9.17) is 15.3 Å². The summed E-state index contributed by atoms with van der Waals surface area (Å²) < 4.78 is 0. The van der Waals surface area contributed by atoms with Crippen LogP contribution in [0.5, 0.6) is 0 Å². The minimum Gasteiger partial charge on any atom is -0.480 e. The second-order valence-electron chi connectivity index (χ2n) is 4.23. The zero-order chi connectivity index (χ0) is 13.3. The maximum atomic E-state index is 11.2. The van der Waals surface area contributed by atoms with Gasteiger partial charge >= 0.3 is 5.97 Å². The van der Waals surface area contributed by atoms with Crippen LogP contribution in [-0.2, 0) is 4.79 Å². The lowest BCUT2D eigenvalue weighted by molar-refractivity contribution is -0.144. The molecule has 0 rings (SSSR count). The molecule has 0 saturated carbocycles. The van der Waals surface area contributed by atoms with Crippen molar-refractivity contribution < 1.29 is 20.1 Å². The summed E-state index contributed by atoms with van der Waals surface area (Å²) in [7, 11) is 0. The number of hydrogen-bond acceptors (Lipinski definition) is 5. The van der Waals surface area contributed by atoms with Crippen LogP contribution in [0.25, 0.3) is 0 Å². The van der Waals surface area contributed by atoms with Gasteiger partial charge in [-0.1, -0.05) is 6.92 Å². The molecule has 6 heteroatoms. The topological polar surface area (TPSA) is 89.8 Å². The third kappa shape index (κ3) is 6.88. The van der Waals surface area contributed by atoms with Crippen LogP contribution in [0.3, 0.4) is 0 Å². The van der Waals surface area contributed by atoms with Gasteiger partial charge in [0.2, 0.25) is 0 Å². The normalized spacial score (nSPS) is 16.5. The molecule has 0 saturated heterocycles. The summed E-state index contributed by atoms with van der Waals surface area (Å²) in [6, 6.07) is 0. The maximum Gasteiger partial charge on any atom is 0.323 e. The first-order chi connectivity index (χ1) is 7.96. The number of thioether (sulfide) groups is 1. The van der Waals surface area contributed by atoms with Gasteiger partial charge in [0.15, 0.2) is 0 Å². The van der Waals surface area contributed by atoms with Crippen LogP contribution < -0.4 is 5.32 Å². The number of rotatable bonds is 10. The van der Waals surface area contributed by atoms with Crippen molar-refractivity contribution in [2.24, 2.45) is 0 Å². The zero-order valence-corrected chi connectivity index (χ0v) is 11.3. The number of aliphatic carboxylic acids is 1. The lowest BCUT2D eigenvalue weighted by atomic mass is 9.99. The summed E-state index contributed by atoms with van der Waals surface area (Å²) in [6.45, 7) is 4.08. The average Bonchev–Trinajstić information content (AvgIpc) is 2.31. The summed E-state index contributed by atoms with van der Waals surface area (Å²) in [6.07, 6.45) is 0.657. The van der Waals surface area contributed by atoms with E-state index in [9.17, 15) is 4.79 Å². The Morgan fingerprint density at radius 3 is 2.65 bits per heavy atom. The number of aliphatic hydroxyl groups excluding tert-OH is 2. The Labute approximate surface area is 107 Å². The summed E-state index contributed by atoms with van der Waals surface area (Å²) in [5, 5.41) is 29.9. The van der Waals surface area contributed by atoms with Gasteiger partial charge in [0.1, 0.15) is 5.54 Å². The minimum absolute atomic E-state index is 0.253. The number of carboxylic acid groups (broad SMARTS) is 1. The van der Waals surface area contributed by atoms with E-state index in [1.807, 2.05) is 6.92 Å². The molecule has 0 heterocycles. The summed E-state index contributed by atoms with van der Waals surface area (Å²) in [5.41, 5.74) is -0.910. The van der Waals surface area contributed by atoms with Gasteiger partial charge in [0.25, 0.3) is 0 Å². The first kappa shape index (κ1) is 16.7. The molecule has 2 atom stereocenters. The molecule has 0 aromatic carbocycles. The van der Waals surface area contributed by atoms with E-state index in [0.717, 1.165) is 6.42 Å². The Bertz CT molecular complexity index is 228. The molecule has 102 valence electrons. The molecule has 0 aromatic rings. The fourth-order valence-electron chi connectivity index (χ4n) is 1.22. The molecule has 0 bridgehead atoms. The van der Waals surface area contributed by atoms with Crippen molar-refractivity contribution in [3.8, 4) is 0 Å². The van der Waals surface area contributed by atoms with E-state index in [-0.39, 0.29) is 6.61 Å². The van der Waals surface area contributed by atoms with E-state index < -0.39 is 17.6 Å². The van der Waals surface area contributed by atoms with E-state index in [2.05, 4.69) is 5.32 Å². The Morgan fingerprint density at radius 1 is 1.53 bits per heavy atom. The van der Waals surface area contributed by atoms with Crippen LogP contribution in [0.4, 0.5) is 0 Å². The van der Waals surface area contributed by atoms with Gasteiger partial charge in [-0.2, -0.15) is 11.8 Å². The van der Waals surface area contributed by atoms with Crippen molar-refractivity contribution in [3.63, 3.8) is 0 Å². The molecule has 0 aliphatic carbocycles. The largest absolute Gasteiger partial charge is 0.480 e. The SMILES string of the molecule is CCCNC(C)(CCSCC(O)CO)C(=O)O. The smallest absolute Gasteiger partial charge is 0.323 e. The molecular weight excluding hydrogens is 242 g/mol. The molecule has 0 aromatic heterocycles. The Morgan fingerprint density at radius 2 is 2.18 bits per heavy atom. The van der Waals surface area contributed by atoms with Gasteiger partial charge < -0.3 is 20.6 Å². The van der Waals surface area contributed by atoms with Crippen molar-refractivity contribution in [3.05, 3.63) is 0 Å². The first-order valence-corrected chi connectivity index (χ1v) is 6.96. The molecule has 4 N–H and O–H groups in total. The van der Waals surface area contributed by atoms with Crippen LogP contribution >= 0.6 is 11.8 Å². The van der Waals surface area contributed by atoms with Crippen LogP contribution in [0.15, 0.2) is 0 Å². The average molecular weight is 265 g/mol. The highest BCUT2D eigenvalue weighted by Crippen LogP contribution is 2.15. The van der Waals surface area contributed by atoms with E-state index in [1.165, 1.54) is 11.8 Å². The molecule has 0 aliphatic rings. The van der Waals surface area contributed by atoms with Gasteiger partial charge in [-0.15, -0.1) is 0 Å². The van der Waals surface area contributed by atoms with Crippen LogP contribution in [0.1, 0.15) is 26.7 Å². The fraction of sp³-hybridized carbons (Fsp3) is 0.909. The quantitative estimate of drug-likeness (QED) is 0.425. The van der Waals surface area contributed by atoms with Crippen LogP contribution in [0, 0.1) is 0 Å². The van der Waals surface area contributed by atoms with Crippen molar-refractivity contribution in [2.75, 3.05) is 24.7 Å².